The van der Waals surface area contributed by atoms with Crippen molar-refractivity contribution < 1.29 is 4.79 Å². The van der Waals surface area contributed by atoms with Crippen LogP contribution in [0.3, 0.4) is 0 Å². The van der Waals surface area contributed by atoms with Crippen molar-refractivity contribution >= 4 is 18.3 Å². The van der Waals surface area contributed by atoms with Gasteiger partial charge in [0.2, 0.25) is 5.91 Å². The molecule has 0 aromatic heterocycles. The van der Waals surface area contributed by atoms with Crippen LogP contribution in [0.1, 0.15) is 34.1 Å². The molecule has 98 valence electrons. The van der Waals surface area contributed by atoms with Gasteiger partial charge >= 0.3 is 0 Å². The molecule has 3 nitrogen and oxygen atoms in total. The van der Waals surface area contributed by atoms with E-state index in [0.29, 0.717) is 0 Å². The zero-order valence-corrected chi connectivity index (χ0v) is 11.9. The third-order valence-electron chi connectivity index (χ3n) is 2.08. The lowest BCUT2D eigenvalue weighted by Crippen LogP contribution is -2.21. The molecule has 0 spiro atoms. The van der Waals surface area contributed by atoms with Crippen LogP contribution in [-0.2, 0) is 4.79 Å². The molecular formula is C12H27ClN2O. The number of hydrogen-bond donors (Lipinski definition) is 1. The van der Waals surface area contributed by atoms with Crippen molar-refractivity contribution in [2.45, 2.75) is 34.1 Å². The molecule has 0 aromatic rings. The molecule has 0 saturated carbocycles. The highest BCUT2D eigenvalue weighted by atomic mass is 35.5. The molecule has 0 radical (unpaired) electrons. The van der Waals surface area contributed by atoms with Crippen LogP contribution in [0.15, 0.2) is 12.7 Å². The summed E-state index contributed by atoms with van der Waals surface area (Å²) in [4.78, 5) is 12.7. The van der Waals surface area contributed by atoms with Gasteiger partial charge in [-0.1, -0.05) is 34.3 Å². The Morgan fingerprint density at radius 2 is 1.62 bits per heavy atom. The maximum atomic E-state index is 10.3. The summed E-state index contributed by atoms with van der Waals surface area (Å²) in [6.07, 6.45) is 2.25. The molecule has 0 atom stereocenters. The summed E-state index contributed by atoms with van der Waals surface area (Å²) in [7, 11) is 0. The monoisotopic (exact) mass is 250 g/mol. The second-order valence-corrected chi connectivity index (χ2v) is 3.11. The highest BCUT2D eigenvalue weighted by Gasteiger charge is 1.89. The summed E-state index contributed by atoms with van der Waals surface area (Å²) in [5.74, 6) is -0.0909. The summed E-state index contributed by atoms with van der Waals surface area (Å²) in [6, 6.07) is 0. The number of nitrogens with one attached hydrogen (secondary N) is 1. The van der Waals surface area contributed by atoms with Gasteiger partial charge in [0.25, 0.3) is 0 Å². The summed E-state index contributed by atoms with van der Waals surface area (Å²) in [6.45, 7) is 16.2. The fourth-order valence-electron chi connectivity index (χ4n) is 0.991. The van der Waals surface area contributed by atoms with Gasteiger partial charge in [0.15, 0.2) is 0 Å². The van der Waals surface area contributed by atoms with E-state index < -0.39 is 0 Å². The lowest BCUT2D eigenvalue weighted by atomic mass is 10.4. The van der Waals surface area contributed by atoms with Gasteiger partial charge in [0, 0.05) is 6.54 Å². The predicted molar refractivity (Wildman–Crippen MR) is 74.2 cm³/mol. The number of rotatable bonds is 6. The normalized spacial score (nSPS) is 8.56. The number of carbonyl (C=O) groups is 1. The van der Waals surface area contributed by atoms with Crippen LogP contribution in [-0.4, -0.2) is 37.0 Å². The number of amides is 1. The molecule has 0 aliphatic heterocycles. The van der Waals surface area contributed by atoms with Gasteiger partial charge in [-0.05, 0) is 32.1 Å². The first-order chi connectivity index (χ1) is 7.15. The second-order valence-electron chi connectivity index (χ2n) is 3.11. The van der Waals surface area contributed by atoms with Gasteiger partial charge in [0.05, 0.1) is 0 Å². The number of carbonyl (C=O) groups excluding carboxylic acids is 1. The second kappa shape index (κ2) is 16.9. The van der Waals surface area contributed by atoms with Gasteiger partial charge in [-0.3, -0.25) is 4.79 Å². The van der Waals surface area contributed by atoms with Crippen molar-refractivity contribution in [1.82, 2.24) is 10.2 Å². The number of halogens is 1. The van der Waals surface area contributed by atoms with Crippen LogP contribution in [0, 0.1) is 0 Å². The summed E-state index contributed by atoms with van der Waals surface area (Å²) in [5, 5.41) is 2.62. The Morgan fingerprint density at radius 1 is 1.19 bits per heavy atom. The van der Waals surface area contributed by atoms with Crippen molar-refractivity contribution in [1.29, 1.82) is 0 Å². The first kappa shape index (κ1) is 20.8. The lowest BCUT2D eigenvalue weighted by Gasteiger charge is -2.13. The van der Waals surface area contributed by atoms with Crippen molar-refractivity contribution in [3.63, 3.8) is 0 Å². The molecule has 4 heteroatoms. The van der Waals surface area contributed by atoms with Crippen LogP contribution in [0.5, 0.6) is 0 Å². The van der Waals surface area contributed by atoms with E-state index in [1.807, 2.05) is 6.92 Å². The molecule has 0 saturated heterocycles. The molecule has 1 amide bonds. The third-order valence-corrected chi connectivity index (χ3v) is 2.08. The van der Waals surface area contributed by atoms with Gasteiger partial charge in [-0.2, -0.15) is 0 Å². The fraction of sp³-hybridized carbons (Fsp3) is 0.750. The van der Waals surface area contributed by atoms with Gasteiger partial charge in [0.1, 0.15) is 0 Å². The van der Waals surface area contributed by atoms with Crippen LogP contribution in [0.4, 0.5) is 0 Å². The van der Waals surface area contributed by atoms with E-state index in [1.165, 1.54) is 25.7 Å². The average molecular weight is 251 g/mol. The van der Waals surface area contributed by atoms with Crippen LogP contribution >= 0.6 is 12.4 Å². The molecule has 0 aliphatic rings. The van der Waals surface area contributed by atoms with E-state index in [2.05, 4.69) is 37.6 Å². The zero-order chi connectivity index (χ0) is 12.1. The molecule has 0 unspecified atom stereocenters. The van der Waals surface area contributed by atoms with Crippen molar-refractivity contribution in [2.75, 3.05) is 26.2 Å². The molecule has 0 heterocycles. The maximum Gasteiger partial charge on any atom is 0.243 e. The Morgan fingerprint density at radius 3 is 1.81 bits per heavy atom. The Kier molecular flexibility index (Phi) is 22.0. The van der Waals surface area contributed by atoms with E-state index in [0.717, 1.165) is 13.0 Å². The summed E-state index contributed by atoms with van der Waals surface area (Å²) < 4.78 is 0. The van der Waals surface area contributed by atoms with E-state index in [4.69, 9.17) is 0 Å². The van der Waals surface area contributed by atoms with E-state index in [-0.39, 0.29) is 18.3 Å². The molecular weight excluding hydrogens is 224 g/mol. The first-order valence-corrected chi connectivity index (χ1v) is 5.78. The standard InChI is InChI=1S/C6H11NO.C6H15N.ClH/c1-3-5-7-6(8)4-2;1-4-7(5-2)6-3;/h4H,2-3,5H2,1H3,(H,7,8);4-6H2,1-3H3;1H. The topological polar surface area (TPSA) is 32.3 Å². The molecule has 0 aliphatic carbocycles. The van der Waals surface area contributed by atoms with Gasteiger partial charge in [-0.25, -0.2) is 0 Å². The largest absolute Gasteiger partial charge is 0.353 e. The number of hydrogen-bond acceptors (Lipinski definition) is 2. The summed E-state index contributed by atoms with van der Waals surface area (Å²) in [5.41, 5.74) is 0. The van der Waals surface area contributed by atoms with Gasteiger partial charge < -0.3 is 10.2 Å². The van der Waals surface area contributed by atoms with Crippen LogP contribution < -0.4 is 5.32 Å². The molecule has 1 N–H and O–H groups in total. The maximum absolute atomic E-state index is 10.3. The van der Waals surface area contributed by atoms with Crippen LogP contribution in [0.25, 0.3) is 0 Å². The zero-order valence-electron chi connectivity index (χ0n) is 11.1. The molecule has 0 rings (SSSR count). The fourth-order valence-corrected chi connectivity index (χ4v) is 0.991. The highest BCUT2D eigenvalue weighted by molar-refractivity contribution is 5.86. The third kappa shape index (κ3) is 15.9. The SMILES string of the molecule is C=CC(=O)NCCC.CCN(CC)CC.Cl. The minimum absolute atomic E-state index is 0. The minimum atomic E-state index is -0.0909. The Hall–Kier alpha value is -0.540. The summed E-state index contributed by atoms with van der Waals surface area (Å²) >= 11 is 0. The smallest absolute Gasteiger partial charge is 0.243 e. The average Bonchev–Trinajstić information content (AvgIpc) is 2.29. The van der Waals surface area contributed by atoms with Crippen molar-refractivity contribution in [3.05, 3.63) is 12.7 Å². The van der Waals surface area contributed by atoms with Crippen molar-refractivity contribution in [2.24, 2.45) is 0 Å². The van der Waals surface area contributed by atoms with Crippen molar-refractivity contribution in [3.8, 4) is 0 Å². The van der Waals surface area contributed by atoms with E-state index >= 15 is 0 Å². The van der Waals surface area contributed by atoms with Crippen LogP contribution in [0.2, 0.25) is 0 Å². The first-order valence-electron chi connectivity index (χ1n) is 5.78. The highest BCUT2D eigenvalue weighted by Crippen LogP contribution is 1.81. The Balaban J connectivity index is -0.000000200. The van der Waals surface area contributed by atoms with Gasteiger partial charge in [-0.15, -0.1) is 12.4 Å². The predicted octanol–water partition coefficient (Wildman–Crippen LogP) is 2.47. The molecule has 16 heavy (non-hydrogen) atoms. The molecule has 0 fully saturated rings. The quantitative estimate of drug-likeness (QED) is 0.735. The molecule has 0 aromatic carbocycles. The molecule has 0 bridgehead atoms. The minimum Gasteiger partial charge on any atom is -0.353 e. The Labute approximate surface area is 107 Å². The van der Waals surface area contributed by atoms with E-state index in [1.54, 1.807) is 0 Å². The number of nitrogens with zero attached hydrogens (tertiary/aromatic N) is 1. The Bertz CT molecular complexity index is 154. The lowest BCUT2D eigenvalue weighted by molar-refractivity contribution is -0.116. The van der Waals surface area contributed by atoms with E-state index in [9.17, 15) is 4.79 Å².